The molecule has 0 amide bonds. The smallest absolute Gasteiger partial charge is 0.167 e. The quantitative estimate of drug-likeness (QED) is 0.177. The summed E-state index contributed by atoms with van der Waals surface area (Å²) in [5.41, 5.74) is 2.37. The predicted molar refractivity (Wildman–Crippen MR) is 129 cm³/mol. The monoisotopic (exact) mass is 523 g/mol. The largest absolute Gasteiger partial charge is 0.506 e. The molecular formula is C25H18BrNO7. The van der Waals surface area contributed by atoms with Gasteiger partial charge in [-0.2, -0.15) is 0 Å². The van der Waals surface area contributed by atoms with E-state index >= 15 is 0 Å². The van der Waals surface area contributed by atoms with Gasteiger partial charge in [0, 0.05) is 28.1 Å². The summed E-state index contributed by atoms with van der Waals surface area (Å²) in [6.45, 7) is 1.62. The van der Waals surface area contributed by atoms with Crippen LogP contribution in [0.4, 0.5) is 0 Å². The molecule has 6 N–H and O–H groups in total. The number of aromatic hydroxyl groups is 2. The molecule has 0 bridgehead atoms. The van der Waals surface area contributed by atoms with Crippen molar-refractivity contribution in [2.75, 3.05) is 0 Å². The van der Waals surface area contributed by atoms with E-state index in [2.05, 4.69) is 15.9 Å². The maximum Gasteiger partial charge on any atom is 0.167 e. The van der Waals surface area contributed by atoms with E-state index in [1.54, 1.807) is 19.1 Å². The molecule has 2 heterocycles. The van der Waals surface area contributed by atoms with Crippen molar-refractivity contribution in [3.05, 3.63) is 69.5 Å². The van der Waals surface area contributed by atoms with Crippen molar-refractivity contribution in [2.45, 2.75) is 19.1 Å². The van der Waals surface area contributed by atoms with E-state index in [-0.39, 0.29) is 38.1 Å². The number of fused-ring (bicyclic) bond motifs is 6. The first-order valence-electron chi connectivity index (χ1n) is 10.4. The number of nitrogens with zero attached hydrogens (tertiary/aromatic N) is 1. The van der Waals surface area contributed by atoms with Crippen molar-refractivity contribution in [2.24, 2.45) is 0 Å². The number of phenols is 2. The molecule has 0 spiro atoms. The number of aliphatic hydroxyl groups is 4. The number of rotatable bonds is 1. The van der Waals surface area contributed by atoms with Crippen LogP contribution in [0.25, 0.3) is 44.3 Å². The van der Waals surface area contributed by atoms with Crippen molar-refractivity contribution >= 4 is 54.5 Å². The van der Waals surface area contributed by atoms with Crippen molar-refractivity contribution < 1.29 is 35.1 Å². The molecule has 0 saturated heterocycles. The molecular weight excluding hydrogens is 506 g/mol. The molecule has 6 rings (SSSR count). The van der Waals surface area contributed by atoms with Gasteiger partial charge in [0.1, 0.15) is 39.3 Å². The minimum absolute atomic E-state index is 0.00177. The Bertz CT molecular complexity index is 1710. The molecule has 0 fully saturated rings. The van der Waals surface area contributed by atoms with Gasteiger partial charge in [0.25, 0.3) is 0 Å². The van der Waals surface area contributed by atoms with Gasteiger partial charge in [0.05, 0.1) is 22.2 Å². The van der Waals surface area contributed by atoms with Crippen LogP contribution in [0, 0.1) is 6.92 Å². The molecule has 2 atom stereocenters. The van der Waals surface area contributed by atoms with Gasteiger partial charge in [-0.1, -0.05) is 18.2 Å². The molecule has 0 aliphatic heterocycles. The molecule has 9 heteroatoms. The highest BCUT2D eigenvalue weighted by atomic mass is 79.9. The standard InChI is InChI=1S/C25H18BrNO7/c1-9-18-15(21(29)17(26)20(9)28)16-19(23(31)25(33)24(32)22(16)30)27(18)10-6-7-12-11-4-2-3-5-13(11)34-14(12)8-10/h2-8,23,25,28-33H,1H3. The first kappa shape index (κ1) is 20.9. The normalized spacial score (nSPS) is 18.4. The molecule has 1 aliphatic rings. The van der Waals surface area contributed by atoms with Crippen molar-refractivity contribution in [1.29, 1.82) is 0 Å². The van der Waals surface area contributed by atoms with E-state index < -0.39 is 23.7 Å². The maximum absolute atomic E-state index is 11.0. The summed E-state index contributed by atoms with van der Waals surface area (Å²) < 4.78 is 7.54. The number of furan rings is 1. The highest BCUT2D eigenvalue weighted by Crippen LogP contribution is 2.51. The van der Waals surface area contributed by atoms with Gasteiger partial charge in [0.15, 0.2) is 11.5 Å². The van der Waals surface area contributed by atoms with E-state index in [0.29, 0.717) is 22.4 Å². The lowest BCUT2D eigenvalue weighted by atomic mass is 9.93. The Morgan fingerprint density at radius 3 is 2.35 bits per heavy atom. The predicted octanol–water partition coefficient (Wildman–Crippen LogP) is 5.20. The van der Waals surface area contributed by atoms with Crippen LogP contribution < -0.4 is 0 Å². The first-order chi connectivity index (χ1) is 16.2. The van der Waals surface area contributed by atoms with Crippen LogP contribution in [0.5, 0.6) is 11.5 Å². The summed E-state index contributed by atoms with van der Waals surface area (Å²) in [6, 6.07) is 12.9. The number of benzene rings is 3. The second kappa shape index (κ2) is 6.92. The Hall–Kier alpha value is -3.66. The van der Waals surface area contributed by atoms with Crippen molar-refractivity contribution in [3.8, 4) is 17.2 Å². The second-order valence-corrected chi connectivity index (χ2v) is 9.15. The summed E-state index contributed by atoms with van der Waals surface area (Å²) in [5.74, 6) is -2.10. The fourth-order valence-corrected chi connectivity index (χ4v) is 5.38. The fourth-order valence-electron chi connectivity index (χ4n) is 4.88. The van der Waals surface area contributed by atoms with Gasteiger partial charge in [-0.05, 0) is 41.1 Å². The Labute approximate surface area is 200 Å². The van der Waals surface area contributed by atoms with Crippen LogP contribution in [0.15, 0.2) is 57.1 Å². The minimum Gasteiger partial charge on any atom is -0.506 e. The average Bonchev–Trinajstić information content (AvgIpc) is 3.39. The Morgan fingerprint density at radius 1 is 0.882 bits per heavy atom. The molecule has 34 heavy (non-hydrogen) atoms. The van der Waals surface area contributed by atoms with Gasteiger partial charge in [-0.15, -0.1) is 0 Å². The van der Waals surface area contributed by atoms with Crippen LogP contribution in [0.1, 0.15) is 22.9 Å². The van der Waals surface area contributed by atoms with E-state index in [9.17, 15) is 30.6 Å². The van der Waals surface area contributed by atoms with Gasteiger partial charge in [0.2, 0.25) is 0 Å². The molecule has 2 unspecified atom stereocenters. The molecule has 8 nitrogen and oxygen atoms in total. The minimum atomic E-state index is -1.79. The van der Waals surface area contributed by atoms with Crippen LogP contribution in [0.2, 0.25) is 0 Å². The summed E-state index contributed by atoms with van der Waals surface area (Å²) in [6.07, 6.45) is -3.42. The van der Waals surface area contributed by atoms with Gasteiger partial charge in [-0.3, -0.25) is 0 Å². The SMILES string of the molecule is Cc1c(O)c(Br)c(O)c2c3c(n(-c4ccc5c(c4)oc4ccccc45)c12)C(O)C(O)C(O)=C3O. The van der Waals surface area contributed by atoms with Crippen LogP contribution in [0.3, 0.4) is 0 Å². The average molecular weight is 524 g/mol. The highest BCUT2D eigenvalue weighted by Gasteiger charge is 2.41. The third-order valence-electron chi connectivity index (χ3n) is 6.53. The van der Waals surface area contributed by atoms with Crippen molar-refractivity contribution in [1.82, 2.24) is 4.57 Å². The second-order valence-electron chi connectivity index (χ2n) is 8.36. The maximum atomic E-state index is 11.0. The molecule has 2 aromatic heterocycles. The molecule has 1 aliphatic carbocycles. The molecule has 3 aromatic carbocycles. The van der Waals surface area contributed by atoms with Crippen LogP contribution >= 0.6 is 15.9 Å². The Balaban J connectivity index is 1.80. The Morgan fingerprint density at radius 2 is 1.59 bits per heavy atom. The number of hydrogen-bond donors (Lipinski definition) is 6. The number of halogens is 1. The van der Waals surface area contributed by atoms with Gasteiger partial charge >= 0.3 is 0 Å². The number of aromatic nitrogens is 1. The highest BCUT2D eigenvalue weighted by molar-refractivity contribution is 9.10. The van der Waals surface area contributed by atoms with E-state index in [1.807, 2.05) is 30.3 Å². The molecule has 172 valence electrons. The van der Waals surface area contributed by atoms with Crippen molar-refractivity contribution in [3.63, 3.8) is 0 Å². The number of aliphatic hydroxyl groups excluding tert-OH is 4. The Kier molecular flexibility index (Phi) is 4.26. The zero-order valence-corrected chi connectivity index (χ0v) is 19.2. The lowest BCUT2D eigenvalue weighted by molar-refractivity contribution is 0.00932. The lowest BCUT2D eigenvalue weighted by Gasteiger charge is -2.26. The summed E-state index contributed by atoms with van der Waals surface area (Å²) in [5, 5.41) is 65.8. The molecule has 0 radical (unpaired) electrons. The van der Waals surface area contributed by atoms with Gasteiger partial charge in [-0.25, -0.2) is 0 Å². The first-order valence-corrected chi connectivity index (χ1v) is 11.2. The third kappa shape index (κ3) is 2.48. The zero-order valence-electron chi connectivity index (χ0n) is 17.6. The third-order valence-corrected chi connectivity index (χ3v) is 7.28. The fraction of sp³-hybridized carbons (Fsp3) is 0.120. The number of phenolic OH excluding ortho intramolecular Hbond substituents is 2. The number of para-hydroxylation sites is 1. The number of hydrogen-bond acceptors (Lipinski definition) is 7. The molecule has 0 saturated carbocycles. The molecule has 5 aromatic rings. The summed E-state index contributed by atoms with van der Waals surface area (Å²) in [7, 11) is 0. The zero-order chi connectivity index (χ0) is 24.0. The summed E-state index contributed by atoms with van der Waals surface area (Å²) >= 11 is 3.16. The van der Waals surface area contributed by atoms with E-state index in [0.717, 1.165) is 10.8 Å². The topological polar surface area (TPSA) is 139 Å². The van der Waals surface area contributed by atoms with Crippen LogP contribution in [-0.2, 0) is 0 Å². The lowest BCUT2D eigenvalue weighted by Crippen LogP contribution is -2.28. The van der Waals surface area contributed by atoms with Crippen LogP contribution in [-0.4, -0.2) is 41.3 Å². The summed E-state index contributed by atoms with van der Waals surface area (Å²) in [4.78, 5) is 0. The number of aryl methyl sites for hydroxylation is 1. The van der Waals surface area contributed by atoms with E-state index in [4.69, 9.17) is 4.42 Å². The van der Waals surface area contributed by atoms with E-state index in [1.165, 1.54) is 4.57 Å². The van der Waals surface area contributed by atoms with Gasteiger partial charge < -0.3 is 39.6 Å².